The fraction of sp³-hybridized carbons (Fsp3) is 0.250. The number of halogens is 3. The largest absolute Gasteiger partial charge is 0.446 e. The van der Waals surface area contributed by atoms with E-state index in [0.29, 0.717) is 0 Å². The minimum Gasteiger partial charge on any atom is -0.350 e. The van der Waals surface area contributed by atoms with Gasteiger partial charge in [0.1, 0.15) is 6.54 Å². The molecular formula is C20H18F3N3O4S2. The highest BCUT2D eigenvalue weighted by molar-refractivity contribution is 8.00. The van der Waals surface area contributed by atoms with E-state index in [2.05, 4.69) is 10.6 Å². The third-order valence-electron chi connectivity index (χ3n) is 4.08. The molecule has 0 radical (unpaired) electrons. The van der Waals surface area contributed by atoms with E-state index in [9.17, 15) is 31.2 Å². The normalized spacial score (nSPS) is 12.4. The maximum absolute atomic E-state index is 12.9. The average Bonchev–Trinajstić information content (AvgIpc) is 2.72. The van der Waals surface area contributed by atoms with Gasteiger partial charge in [-0.1, -0.05) is 30.3 Å². The lowest BCUT2D eigenvalue weighted by Gasteiger charge is -2.18. The van der Waals surface area contributed by atoms with Gasteiger partial charge in [-0.2, -0.15) is 18.4 Å². The highest BCUT2D eigenvalue weighted by Gasteiger charge is 2.33. The summed E-state index contributed by atoms with van der Waals surface area (Å²) in [4.78, 5) is 24.5. The molecule has 32 heavy (non-hydrogen) atoms. The Labute approximate surface area is 186 Å². The van der Waals surface area contributed by atoms with Crippen LogP contribution in [0, 0.1) is 11.3 Å². The molecule has 12 heteroatoms. The summed E-state index contributed by atoms with van der Waals surface area (Å²) >= 11 is -0.335. The quantitative estimate of drug-likeness (QED) is 0.417. The maximum Gasteiger partial charge on any atom is 0.446 e. The second-order valence-electron chi connectivity index (χ2n) is 6.44. The van der Waals surface area contributed by atoms with Gasteiger partial charge in [0.25, 0.3) is 5.91 Å². The zero-order valence-electron chi connectivity index (χ0n) is 16.4. The number of carbonyl (C=O) groups excluding carboxylic acids is 2. The fourth-order valence-electron chi connectivity index (χ4n) is 2.62. The molecule has 0 fully saturated rings. The van der Waals surface area contributed by atoms with E-state index in [4.69, 9.17) is 5.26 Å². The number of rotatable bonds is 9. The van der Waals surface area contributed by atoms with Gasteiger partial charge in [-0.25, -0.2) is 8.42 Å². The molecule has 2 rings (SSSR count). The van der Waals surface area contributed by atoms with Crippen molar-refractivity contribution in [3.8, 4) is 6.07 Å². The summed E-state index contributed by atoms with van der Waals surface area (Å²) in [6.07, 6.45) is 0. The van der Waals surface area contributed by atoms with E-state index in [1.54, 1.807) is 24.3 Å². The summed E-state index contributed by atoms with van der Waals surface area (Å²) in [7, 11) is -4.20. The lowest BCUT2D eigenvalue weighted by Crippen LogP contribution is -2.47. The lowest BCUT2D eigenvalue weighted by molar-refractivity contribution is -0.120. The van der Waals surface area contributed by atoms with E-state index in [1.807, 2.05) is 0 Å². The second kappa shape index (κ2) is 11.0. The molecule has 0 spiro atoms. The van der Waals surface area contributed by atoms with Crippen molar-refractivity contribution in [2.24, 2.45) is 0 Å². The fourth-order valence-corrected chi connectivity index (χ4v) is 4.76. The molecule has 2 aromatic carbocycles. The van der Waals surface area contributed by atoms with Crippen LogP contribution in [0.25, 0.3) is 0 Å². The van der Waals surface area contributed by atoms with Crippen LogP contribution in [0.1, 0.15) is 15.9 Å². The number of nitrogens with one attached hydrogen (secondary N) is 2. The van der Waals surface area contributed by atoms with E-state index in [1.165, 1.54) is 24.3 Å². The molecule has 0 aliphatic carbocycles. The minimum atomic E-state index is -4.48. The Hall–Kier alpha value is -3.04. The summed E-state index contributed by atoms with van der Waals surface area (Å²) < 4.78 is 63.1. The van der Waals surface area contributed by atoms with E-state index >= 15 is 0 Å². The van der Waals surface area contributed by atoms with Gasteiger partial charge in [0.05, 0.1) is 11.8 Å². The van der Waals surface area contributed by atoms with Gasteiger partial charge in [-0.05, 0) is 41.6 Å². The predicted molar refractivity (Wildman–Crippen MR) is 112 cm³/mol. The number of hydrogen-bond acceptors (Lipinski definition) is 6. The minimum absolute atomic E-state index is 0.114. The molecule has 170 valence electrons. The van der Waals surface area contributed by atoms with E-state index in [-0.39, 0.29) is 27.8 Å². The van der Waals surface area contributed by atoms with E-state index < -0.39 is 51.3 Å². The predicted octanol–water partition coefficient (Wildman–Crippen LogP) is 2.65. The first-order valence-electron chi connectivity index (χ1n) is 9.06. The Morgan fingerprint density at radius 2 is 1.66 bits per heavy atom. The van der Waals surface area contributed by atoms with Crippen LogP contribution < -0.4 is 10.6 Å². The number of nitriles is 1. The van der Waals surface area contributed by atoms with Gasteiger partial charge in [-0.15, -0.1) is 0 Å². The van der Waals surface area contributed by atoms with Crippen LogP contribution in [0.15, 0.2) is 59.5 Å². The molecule has 2 aromatic rings. The SMILES string of the molecule is N#CCNC(=O)C(CNC(=O)c1ccccc1)S(=O)(=O)Cc1ccc(SC(F)(F)F)cc1. The standard InChI is InChI=1S/C20H18F3N3O4S2/c21-20(22,23)31-16-8-6-14(7-9-16)13-32(29,30)17(19(28)25-11-10-24)12-26-18(27)15-4-2-1-3-5-15/h1-9,17H,11-13H2,(H,25,28)(H,26,27). The summed E-state index contributed by atoms with van der Waals surface area (Å²) in [6, 6.07) is 14.3. The van der Waals surface area contributed by atoms with Crippen molar-refractivity contribution in [2.45, 2.75) is 21.4 Å². The molecule has 2 N–H and O–H groups in total. The smallest absolute Gasteiger partial charge is 0.350 e. The second-order valence-corrected chi connectivity index (χ2v) is 9.76. The van der Waals surface area contributed by atoms with Crippen LogP contribution in [0.4, 0.5) is 13.2 Å². The Balaban J connectivity index is 2.16. The van der Waals surface area contributed by atoms with Crippen LogP contribution in [0.3, 0.4) is 0 Å². The number of thioether (sulfide) groups is 1. The number of carbonyl (C=O) groups is 2. The molecule has 0 heterocycles. The van der Waals surface area contributed by atoms with Gasteiger partial charge < -0.3 is 10.6 Å². The number of amides is 2. The number of nitrogens with zero attached hydrogens (tertiary/aromatic N) is 1. The van der Waals surface area contributed by atoms with Crippen molar-refractivity contribution in [3.05, 3.63) is 65.7 Å². The van der Waals surface area contributed by atoms with Crippen molar-refractivity contribution >= 4 is 33.4 Å². The molecule has 0 saturated heterocycles. The zero-order valence-corrected chi connectivity index (χ0v) is 18.1. The van der Waals surface area contributed by atoms with Crippen LogP contribution in [0.5, 0.6) is 0 Å². The lowest BCUT2D eigenvalue weighted by atomic mass is 10.2. The summed E-state index contributed by atoms with van der Waals surface area (Å²) in [5.74, 6) is -2.20. The highest BCUT2D eigenvalue weighted by atomic mass is 32.2. The number of sulfone groups is 1. The Morgan fingerprint density at radius 1 is 1.03 bits per heavy atom. The maximum atomic E-state index is 12.9. The molecule has 0 saturated carbocycles. The molecule has 7 nitrogen and oxygen atoms in total. The van der Waals surface area contributed by atoms with Crippen molar-refractivity contribution in [2.75, 3.05) is 13.1 Å². The molecule has 1 unspecified atom stereocenters. The monoisotopic (exact) mass is 485 g/mol. The van der Waals surface area contributed by atoms with Crippen LogP contribution in [-0.4, -0.2) is 44.1 Å². The first kappa shape index (κ1) is 25.2. The highest BCUT2D eigenvalue weighted by Crippen LogP contribution is 2.36. The molecule has 0 aliphatic heterocycles. The van der Waals surface area contributed by atoms with Crippen LogP contribution >= 0.6 is 11.8 Å². The van der Waals surface area contributed by atoms with Gasteiger partial charge in [-0.3, -0.25) is 9.59 Å². The Kier molecular flexibility index (Phi) is 8.68. The van der Waals surface area contributed by atoms with Crippen molar-refractivity contribution < 1.29 is 31.2 Å². The molecule has 1 atom stereocenters. The molecular weight excluding hydrogens is 467 g/mol. The summed E-state index contributed by atoms with van der Waals surface area (Å²) in [5.41, 5.74) is -4.04. The van der Waals surface area contributed by atoms with Crippen LogP contribution in [-0.2, 0) is 20.4 Å². The van der Waals surface area contributed by atoms with Crippen LogP contribution in [0.2, 0.25) is 0 Å². The van der Waals surface area contributed by atoms with Crippen molar-refractivity contribution in [3.63, 3.8) is 0 Å². The zero-order chi connectivity index (χ0) is 23.8. The van der Waals surface area contributed by atoms with Crippen molar-refractivity contribution in [1.82, 2.24) is 10.6 Å². The average molecular weight is 486 g/mol. The van der Waals surface area contributed by atoms with Gasteiger partial charge in [0, 0.05) is 17.0 Å². The number of alkyl halides is 3. The molecule has 0 bridgehead atoms. The molecule has 2 amide bonds. The summed E-state index contributed by atoms with van der Waals surface area (Å²) in [5, 5.41) is 11.5. The summed E-state index contributed by atoms with van der Waals surface area (Å²) in [6.45, 7) is -0.976. The molecule has 0 aliphatic rings. The topological polar surface area (TPSA) is 116 Å². The Morgan fingerprint density at radius 3 is 2.22 bits per heavy atom. The third-order valence-corrected chi connectivity index (χ3v) is 6.80. The number of benzene rings is 2. The first-order valence-corrected chi connectivity index (χ1v) is 11.6. The van der Waals surface area contributed by atoms with Gasteiger partial charge in [0.2, 0.25) is 5.91 Å². The van der Waals surface area contributed by atoms with E-state index in [0.717, 1.165) is 12.1 Å². The number of hydrogen-bond donors (Lipinski definition) is 2. The van der Waals surface area contributed by atoms with Gasteiger partial charge >= 0.3 is 5.51 Å². The Bertz CT molecular complexity index is 1080. The molecule has 0 aromatic heterocycles. The first-order chi connectivity index (χ1) is 15.0. The third kappa shape index (κ3) is 7.90. The van der Waals surface area contributed by atoms with Crippen molar-refractivity contribution in [1.29, 1.82) is 5.26 Å². The van der Waals surface area contributed by atoms with Gasteiger partial charge in [0.15, 0.2) is 15.1 Å².